The van der Waals surface area contributed by atoms with Gasteiger partial charge in [-0.1, -0.05) is 19.8 Å². The number of amides is 1. The van der Waals surface area contributed by atoms with E-state index in [0.717, 1.165) is 18.8 Å². The van der Waals surface area contributed by atoms with Crippen molar-refractivity contribution in [1.82, 2.24) is 10.6 Å². The number of aliphatic hydroxyl groups is 1. The summed E-state index contributed by atoms with van der Waals surface area (Å²) in [6.07, 6.45) is 4.43. The van der Waals surface area contributed by atoms with E-state index in [4.69, 9.17) is 4.74 Å². The number of nitrogens with one attached hydrogen (secondary N) is 2. The van der Waals surface area contributed by atoms with Gasteiger partial charge in [-0.15, -0.1) is 0 Å². The second-order valence-corrected chi connectivity index (χ2v) is 6.23. The van der Waals surface area contributed by atoms with Gasteiger partial charge >= 0.3 is 0 Å². The van der Waals surface area contributed by atoms with Crippen LogP contribution < -0.4 is 10.6 Å². The van der Waals surface area contributed by atoms with E-state index >= 15 is 0 Å². The van der Waals surface area contributed by atoms with Crippen LogP contribution in [0.3, 0.4) is 0 Å². The highest BCUT2D eigenvalue weighted by molar-refractivity contribution is 5.78. The maximum Gasteiger partial charge on any atom is 0.234 e. The molecule has 0 aromatic heterocycles. The fraction of sp³-hybridized carbons (Fsp3) is 0.933. The molecule has 3 N–H and O–H groups in total. The van der Waals surface area contributed by atoms with E-state index in [-0.39, 0.29) is 24.6 Å². The number of carbonyl (C=O) groups excluding carboxylic acids is 1. The Morgan fingerprint density at radius 2 is 2.15 bits per heavy atom. The summed E-state index contributed by atoms with van der Waals surface area (Å²) < 4.78 is 5.75. The van der Waals surface area contributed by atoms with E-state index in [1.54, 1.807) is 0 Å². The Balaban J connectivity index is 2.05. The van der Waals surface area contributed by atoms with Crippen LogP contribution in [0.1, 0.15) is 46.5 Å². The SMILES string of the molecule is CC1CCCC(OCC(O)CNCC(=O)NC(C)C)C1. The van der Waals surface area contributed by atoms with Crippen molar-refractivity contribution in [3.8, 4) is 0 Å². The average Bonchev–Trinajstić information content (AvgIpc) is 2.35. The van der Waals surface area contributed by atoms with Gasteiger partial charge in [0.05, 0.1) is 25.4 Å². The Bertz CT molecular complexity index is 284. The Kier molecular flexibility index (Phi) is 8.11. The first-order valence-electron chi connectivity index (χ1n) is 7.77. The topological polar surface area (TPSA) is 70.6 Å². The molecule has 3 unspecified atom stereocenters. The molecule has 0 spiro atoms. The normalized spacial score (nSPS) is 24.6. The first-order valence-corrected chi connectivity index (χ1v) is 7.77. The van der Waals surface area contributed by atoms with Crippen molar-refractivity contribution in [3.05, 3.63) is 0 Å². The summed E-state index contributed by atoms with van der Waals surface area (Å²) >= 11 is 0. The highest BCUT2D eigenvalue weighted by Gasteiger charge is 2.20. The summed E-state index contributed by atoms with van der Waals surface area (Å²) in [5.41, 5.74) is 0. The van der Waals surface area contributed by atoms with E-state index in [9.17, 15) is 9.90 Å². The minimum Gasteiger partial charge on any atom is -0.389 e. The van der Waals surface area contributed by atoms with Crippen LogP contribution in [-0.4, -0.2) is 49.0 Å². The third-order valence-corrected chi connectivity index (χ3v) is 3.53. The van der Waals surface area contributed by atoms with Crippen LogP contribution in [0, 0.1) is 5.92 Å². The molecule has 0 saturated heterocycles. The molecule has 1 saturated carbocycles. The average molecular weight is 286 g/mol. The third-order valence-electron chi connectivity index (χ3n) is 3.53. The summed E-state index contributed by atoms with van der Waals surface area (Å²) in [4.78, 5) is 11.4. The lowest BCUT2D eigenvalue weighted by atomic mass is 9.89. The van der Waals surface area contributed by atoms with Crippen LogP contribution in [0.15, 0.2) is 0 Å². The van der Waals surface area contributed by atoms with Gasteiger partial charge in [0, 0.05) is 12.6 Å². The second-order valence-electron chi connectivity index (χ2n) is 6.23. The molecule has 0 aromatic rings. The number of ether oxygens (including phenoxy) is 1. The van der Waals surface area contributed by atoms with Gasteiger partial charge in [0.1, 0.15) is 0 Å². The molecule has 20 heavy (non-hydrogen) atoms. The first kappa shape index (κ1) is 17.4. The lowest BCUT2D eigenvalue weighted by molar-refractivity contribution is -0.120. The molecule has 5 heteroatoms. The highest BCUT2D eigenvalue weighted by Crippen LogP contribution is 2.25. The lowest BCUT2D eigenvalue weighted by Crippen LogP contribution is -2.41. The van der Waals surface area contributed by atoms with Crippen molar-refractivity contribution < 1.29 is 14.6 Å². The van der Waals surface area contributed by atoms with Crippen molar-refractivity contribution in [1.29, 1.82) is 0 Å². The van der Waals surface area contributed by atoms with Crippen LogP contribution >= 0.6 is 0 Å². The summed E-state index contributed by atoms with van der Waals surface area (Å²) in [5.74, 6) is 0.679. The van der Waals surface area contributed by atoms with Crippen LogP contribution in [0.25, 0.3) is 0 Å². The number of rotatable bonds is 8. The predicted octanol–water partition coefficient (Wildman–Crippen LogP) is 1.06. The van der Waals surface area contributed by atoms with Gasteiger partial charge in [-0.3, -0.25) is 4.79 Å². The molecular formula is C15H30N2O3. The van der Waals surface area contributed by atoms with Gasteiger partial charge in [0.2, 0.25) is 5.91 Å². The summed E-state index contributed by atoms with van der Waals surface area (Å²) in [5, 5.41) is 15.6. The Hall–Kier alpha value is -0.650. The van der Waals surface area contributed by atoms with E-state index < -0.39 is 6.10 Å². The predicted molar refractivity (Wildman–Crippen MR) is 79.5 cm³/mol. The molecule has 0 radical (unpaired) electrons. The van der Waals surface area contributed by atoms with Crippen molar-refractivity contribution in [2.45, 2.75) is 64.7 Å². The summed E-state index contributed by atoms with van der Waals surface area (Å²) in [6.45, 7) is 7.05. The zero-order chi connectivity index (χ0) is 15.0. The zero-order valence-electron chi connectivity index (χ0n) is 13.0. The van der Waals surface area contributed by atoms with E-state index in [1.165, 1.54) is 12.8 Å². The van der Waals surface area contributed by atoms with E-state index in [2.05, 4.69) is 17.6 Å². The van der Waals surface area contributed by atoms with Crippen molar-refractivity contribution in [2.75, 3.05) is 19.7 Å². The van der Waals surface area contributed by atoms with E-state index in [0.29, 0.717) is 13.2 Å². The molecule has 3 atom stereocenters. The Morgan fingerprint density at radius 1 is 1.40 bits per heavy atom. The first-order chi connectivity index (χ1) is 9.47. The van der Waals surface area contributed by atoms with Crippen LogP contribution in [0.4, 0.5) is 0 Å². The summed E-state index contributed by atoms with van der Waals surface area (Å²) in [7, 11) is 0. The van der Waals surface area contributed by atoms with E-state index in [1.807, 2.05) is 13.8 Å². The number of hydrogen-bond donors (Lipinski definition) is 3. The van der Waals surface area contributed by atoms with Crippen LogP contribution in [0.5, 0.6) is 0 Å². The quantitative estimate of drug-likeness (QED) is 0.624. The molecule has 1 fully saturated rings. The van der Waals surface area contributed by atoms with Crippen molar-refractivity contribution >= 4 is 5.91 Å². The molecule has 1 amide bonds. The van der Waals surface area contributed by atoms with Crippen molar-refractivity contribution in [3.63, 3.8) is 0 Å². The monoisotopic (exact) mass is 286 g/mol. The third kappa shape index (κ3) is 7.82. The largest absolute Gasteiger partial charge is 0.389 e. The molecule has 1 aliphatic carbocycles. The minimum absolute atomic E-state index is 0.0470. The van der Waals surface area contributed by atoms with Crippen LogP contribution in [0.2, 0.25) is 0 Å². The zero-order valence-corrected chi connectivity index (χ0v) is 13.0. The van der Waals surface area contributed by atoms with Gasteiger partial charge in [0.25, 0.3) is 0 Å². The molecular weight excluding hydrogens is 256 g/mol. The Morgan fingerprint density at radius 3 is 2.80 bits per heavy atom. The second kappa shape index (κ2) is 9.32. The van der Waals surface area contributed by atoms with Gasteiger partial charge in [-0.05, 0) is 32.6 Å². The van der Waals surface area contributed by atoms with Gasteiger partial charge in [-0.25, -0.2) is 0 Å². The van der Waals surface area contributed by atoms with Gasteiger partial charge < -0.3 is 20.5 Å². The van der Waals surface area contributed by atoms with Crippen LogP contribution in [-0.2, 0) is 9.53 Å². The highest BCUT2D eigenvalue weighted by atomic mass is 16.5. The lowest BCUT2D eigenvalue weighted by Gasteiger charge is -2.27. The maximum absolute atomic E-state index is 11.4. The summed E-state index contributed by atoms with van der Waals surface area (Å²) in [6, 6.07) is 0.144. The molecule has 5 nitrogen and oxygen atoms in total. The Labute approximate surface area is 122 Å². The molecule has 1 aliphatic rings. The molecule has 0 heterocycles. The number of hydrogen-bond acceptors (Lipinski definition) is 4. The number of aliphatic hydroxyl groups excluding tert-OH is 1. The fourth-order valence-corrected chi connectivity index (χ4v) is 2.56. The fourth-order valence-electron chi connectivity index (χ4n) is 2.56. The van der Waals surface area contributed by atoms with Gasteiger partial charge in [0.15, 0.2) is 0 Å². The maximum atomic E-state index is 11.4. The smallest absolute Gasteiger partial charge is 0.234 e. The molecule has 0 bridgehead atoms. The van der Waals surface area contributed by atoms with Crippen molar-refractivity contribution in [2.24, 2.45) is 5.92 Å². The molecule has 1 rings (SSSR count). The molecule has 0 aromatic carbocycles. The minimum atomic E-state index is -0.556. The molecule has 118 valence electrons. The standard InChI is InChI=1S/C15H30N2O3/c1-11(2)17-15(19)9-16-8-13(18)10-20-14-6-4-5-12(3)7-14/h11-14,16,18H,4-10H2,1-3H3,(H,17,19). The van der Waals surface area contributed by atoms with Gasteiger partial charge in [-0.2, -0.15) is 0 Å². The number of carbonyl (C=O) groups is 1. The molecule has 0 aliphatic heterocycles.